The van der Waals surface area contributed by atoms with Crippen LogP contribution in [-0.2, 0) is 11.3 Å². The highest BCUT2D eigenvalue weighted by Crippen LogP contribution is 2.23. The maximum atomic E-state index is 12.2. The monoisotopic (exact) mass is 373 g/mol. The number of nitrogens with zero attached hydrogens (tertiary/aromatic N) is 1. The van der Waals surface area contributed by atoms with Crippen LogP contribution in [0.2, 0.25) is 5.02 Å². The van der Waals surface area contributed by atoms with Crippen LogP contribution in [0.15, 0.2) is 48.5 Å². The van der Waals surface area contributed by atoms with E-state index in [2.05, 4.69) is 10.6 Å². The van der Waals surface area contributed by atoms with Crippen LogP contribution >= 0.6 is 11.6 Å². The number of carbonyl (C=O) groups is 2. The van der Waals surface area contributed by atoms with Gasteiger partial charge in [0.15, 0.2) is 0 Å². The molecule has 7 heteroatoms. The lowest BCUT2D eigenvalue weighted by atomic mass is 10.2. The average Bonchev–Trinajstić information content (AvgIpc) is 3.01. The quantitative estimate of drug-likeness (QED) is 0.846. The molecule has 136 valence electrons. The van der Waals surface area contributed by atoms with Gasteiger partial charge in [-0.2, -0.15) is 0 Å². The van der Waals surface area contributed by atoms with Gasteiger partial charge in [0.25, 0.3) is 0 Å². The number of halogens is 1. The van der Waals surface area contributed by atoms with Gasteiger partial charge in [0, 0.05) is 35.8 Å². The third kappa shape index (κ3) is 4.26. The Morgan fingerprint density at radius 1 is 1.23 bits per heavy atom. The maximum absolute atomic E-state index is 12.2. The van der Waals surface area contributed by atoms with E-state index in [9.17, 15) is 9.59 Å². The van der Waals surface area contributed by atoms with Crippen molar-refractivity contribution in [2.45, 2.75) is 19.0 Å². The molecule has 2 aromatic carbocycles. The topological polar surface area (TPSA) is 70.7 Å². The maximum Gasteiger partial charge on any atom is 0.315 e. The van der Waals surface area contributed by atoms with E-state index in [1.165, 1.54) is 0 Å². The smallest absolute Gasteiger partial charge is 0.315 e. The second kappa shape index (κ2) is 8.10. The summed E-state index contributed by atoms with van der Waals surface area (Å²) in [6.07, 6.45) is 0.269. The molecule has 1 heterocycles. The Bertz CT molecular complexity index is 795. The first-order valence-electron chi connectivity index (χ1n) is 8.29. The van der Waals surface area contributed by atoms with Gasteiger partial charge in [-0.1, -0.05) is 29.8 Å². The third-order valence-electron chi connectivity index (χ3n) is 4.23. The first-order valence-corrected chi connectivity index (χ1v) is 8.67. The van der Waals surface area contributed by atoms with Crippen molar-refractivity contribution in [3.8, 4) is 5.75 Å². The van der Waals surface area contributed by atoms with Crippen LogP contribution < -0.4 is 20.3 Å². The zero-order valence-electron chi connectivity index (χ0n) is 14.4. The largest absolute Gasteiger partial charge is 0.496 e. The number of carbonyl (C=O) groups excluding carboxylic acids is 2. The molecule has 1 aliphatic heterocycles. The lowest BCUT2D eigenvalue weighted by Crippen LogP contribution is -2.43. The summed E-state index contributed by atoms with van der Waals surface area (Å²) in [7, 11) is 1.59. The number of benzene rings is 2. The molecular formula is C19H20ClN3O3. The number of urea groups is 1. The van der Waals surface area contributed by atoms with Crippen LogP contribution in [0.3, 0.4) is 0 Å². The highest BCUT2D eigenvalue weighted by molar-refractivity contribution is 6.30. The first kappa shape index (κ1) is 18.1. The van der Waals surface area contributed by atoms with Crippen molar-refractivity contribution in [3.05, 3.63) is 59.1 Å². The van der Waals surface area contributed by atoms with Gasteiger partial charge in [-0.3, -0.25) is 4.79 Å². The van der Waals surface area contributed by atoms with Crippen molar-refractivity contribution in [3.63, 3.8) is 0 Å². The minimum atomic E-state index is -0.313. The summed E-state index contributed by atoms with van der Waals surface area (Å²) in [6, 6.07) is 14.0. The van der Waals surface area contributed by atoms with E-state index in [0.717, 1.165) is 17.0 Å². The highest BCUT2D eigenvalue weighted by Gasteiger charge is 2.31. The van der Waals surface area contributed by atoms with Crippen molar-refractivity contribution < 1.29 is 14.3 Å². The van der Waals surface area contributed by atoms with E-state index in [1.807, 2.05) is 24.3 Å². The van der Waals surface area contributed by atoms with Gasteiger partial charge >= 0.3 is 6.03 Å². The second-order valence-corrected chi connectivity index (χ2v) is 6.46. The van der Waals surface area contributed by atoms with Crippen LogP contribution in [0.1, 0.15) is 12.0 Å². The Morgan fingerprint density at radius 3 is 2.69 bits per heavy atom. The zero-order chi connectivity index (χ0) is 18.5. The summed E-state index contributed by atoms with van der Waals surface area (Å²) in [6.45, 7) is 0.778. The number of hydrogen-bond donors (Lipinski definition) is 2. The fraction of sp³-hybridized carbons (Fsp3) is 0.263. The molecule has 3 rings (SSSR count). The standard InChI is InChI=1S/C19H20ClN3O3/c1-26-17-5-3-2-4-13(17)11-21-19(25)22-15-10-18(24)23(12-15)16-8-6-14(20)7-9-16/h2-9,15H,10-12H2,1H3,(H2,21,22,25)/t15-/m0/s1. The molecule has 1 saturated heterocycles. The Hall–Kier alpha value is -2.73. The molecule has 0 radical (unpaired) electrons. The van der Waals surface area contributed by atoms with Gasteiger partial charge in [0.05, 0.1) is 13.2 Å². The van der Waals surface area contributed by atoms with Gasteiger partial charge in [-0.05, 0) is 30.3 Å². The summed E-state index contributed by atoms with van der Waals surface area (Å²) in [4.78, 5) is 26.0. The average molecular weight is 374 g/mol. The summed E-state index contributed by atoms with van der Waals surface area (Å²) in [5.41, 5.74) is 1.66. The Balaban J connectivity index is 1.53. The predicted octanol–water partition coefficient (Wildman–Crippen LogP) is 2.95. The fourth-order valence-corrected chi connectivity index (χ4v) is 3.06. The lowest BCUT2D eigenvalue weighted by molar-refractivity contribution is -0.117. The van der Waals surface area contributed by atoms with E-state index >= 15 is 0 Å². The normalized spacial score (nSPS) is 16.5. The highest BCUT2D eigenvalue weighted by atomic mass is 35.5. The number of rotatable bonds is 5. The van der Waals surface area contributed by atoms with Gasteiger partial charge in [-0.15, -0.1) is 0 Å². The van der Waals surface area contributed by atoms with Gasteiger partial charge in [-0.25, -0.2) is 4.79 Å². The molecule has 0 saturated carbocycles. The molecule has 0 aliphatic carbocycles. The van der Waals surface area contributed by atoms with E-state index in [4.69, 9.17) is 16.3 Å². The van der Waals surface area contributed by atoms with Gasteiger partial charge < -0.3 is 20.3 Å². The molecule has 0 spiro atoms. The number of methoxy groups -OCH3 is 1. The van der Waals surface area contributed by atoms with Gasteiger partial charge in [0.2, 0.25) is 5.91 Å². The van der Waals surface area contributed by atoms with Crippen molar-refractivity contribution in [2.24, 2.45) is 0 Å². The molecule has 26 heavy (non-hydrogen) atoms. The predicted molar refractivity (Wildman–Crippen MR) is 101 cm³/mol. The third-order valence-corrected chi connectivity index (χ3v) is 4.48. The molecule has 2 N–H and O–H groups in total. The molecule has 3 amide bonds. The number of nitrogens with one attached hydrogen (secondary N) is 2. The summed E-state index contributed by atoms with van der Waals surface area (Å²) >= 11 is 5.88. The number of ether oxygens (including phenoxy) is 1. The number of amides is 3. The molecule has 1 fully saturated rings. The van der Waals surface area contributed by atoms with Crippen LogP contribution in [-0.4, -0.2) is 31.6 Å². The Kier molecular flexibility index (Phi) is 5.63. The fourth-order valence-electron chi connectivity index (χ4n) is 2.94. The van der Waals surface area contributed by atoms with Crippen LogP contribution in [0.4, 0.5) is 10.5 Å². The zero-order valence-corrected chi connectivity index (χ0v) is 15.1. The van der Waals surface area contributed by atoms with E-state index in [0.29, 0.717) is 18.1 Å². The van der Waals surface area contributed by atoms with Crippen molar-refractivity contribution >= 4 is 29.2 Å². The summed E-state index contributed by atoms with van der Waals surface area (Å²) in [5, 5.41) is 6.27. The number of anilines is 1. The number of hydrogen-bond acceptors (Lipinski definition) is 3. The molecule has 1 atom stereocenters. The van der Waals surface area contributed by atoms with Crippen LogP contribution in [0.25, 0.3) is 0 Å². The van der Waals surface area contributed by atoms with E-state index in [-0.39, 0.29) is 24.4 Å². The molecule has 0 aromatic heterocycles. The lowest BCUT2D eigenvalue weighted by Gasteiger charge is -2.17. The SMILES string of the molecule is COc1ccccc1CNC(=O)N[C@H]1CC(=O)N(c2ccc(Cl)cc2)C1. The second-order valence-electron chi connectivity index (χ2n) is 6.02. The Morgan fingerprint density at radius 2 is 1.96 bits per heavy atom. The van der Waals surface area contributed by atoms with Crippen LogP contribution in [0.5, 0.6) is 5.75 Å². The minimum absolute atomic E-state index is 0.0256. The Labute approximate surface area is 157 Å². The van der Waals surface area contributed by atoms with Crippen LogP contribution in [0, 0.1) is 0 Å². The first-order chi connectivity index (χ1) is 12.6. The van der Waals surface area contributed by atoms with Gasteiger partial charge in [0.1, 0.15) is 5.75 Å². The minimum Gasteiger partial charge on any atom is -0.496 e. The molecule has 1 aliphatic rings. The van der Waals surface area contributed by atoms with Crippen molar-refractivity contribution in [1.29, 1.82) is 0 Å². The van der Waals surface area contributed by atoms with Crippen molar-refractivity contribution in [2.75, 3.05) is 18.6 Å². The summed E-state index contributed by atoms with van der Waals surface area (Å²) in [5.74, 6) is 0.695. The van der Waals surface area contributed by atoms with E-state index in [1.54, 1.807) is 36.3 Å². The van der Waals surface area contributed by atoms with E-state index < -0.39 is 0 Å². The molecular weight excluding hydrogens is 354 g/mol. The molecule has 0 unspecified atom stereocenters. The van der Waals surface area contributed by atoms with Crippen molar-refractivity contribution in [1.82, 2.24) is 10.6 Å². The molecule has 0 bridgehead atoms. The summed E-state index contributed by atoms with van der Waals surface area (Å²) < 4.78 is 5.26. The molecule has 6 nitrogen and oxygen atoms in total. The number of para-hydroxylation sites is 1. The molecule has 2 aromatic rings.